The fraction of sp³-hybridized carbons (Fsp3) is 0.900. The number of nitrogens with zero attached hydrogens (tertiary/aromatic N) is 1. The van der Waals surface area contributed by atoms with Crippen LogP contribution in [0.1, 0.15) is 34.6 Å². The fourth-order valence-electron chi connectivity index (χ4n) is 1.41. The Bertz CT molecular complexity index is 162. The number of ether oxygens (including phenoxy) is 1. The van der Waals surface area contributed by atoms with Crippen LogP contribution in [0, 0.1) is 0 Å². The third-order valence-corrected chi connectivity index (χ3v) is 1.92. The van der Waals surface area contributed by atoms with Crippen molar-refractivity contribution in [3.05, 3.63) is 0 Å². The monoisotopic (exact) mass is 187 g/mol. The van der Waals surface area contributed by atoms with E-state index in [1.165, 1.54) is 6.92 Å². The van der Waals surface area contributed by atoms with E-state index in [4.69, 9.17) is 4.74 Å². The van der Waals surface area contributed by atoms with Crippen LogP contribution in [0.5, 0.6) is 0 Å². The summed E-state index contributed by atoms with van der Waals surface area (Å²) in [7, 11) is 0. The maximum absolute atomic E-state index is 10.8. The van der Waals surface area contributed by atoms with Gasteiger partial charge in [-0.3, -0.25) is 9.69 Å². The normalized spacial score (nSPS) is 11.8. The minimum Gasteiger partial charge on any atom is -0.458 e. The molecular formula is C10H21NO2. The largest absolute Gasteiger partial charge is 0.458 e. The van der Waals surface area contributed by atoms with Gasteiger partial charge in [0.15, 0.2) is 0 Å². The van der Waals surface area contributed by atoms with E-state index in [1.807, 2.05) is 13.8 Å². The summed E-state index contributed by atoms with van der Waals surface area (Å²) in [6.07, 6.45) is 0. The number of esters is 1. The van der Waals surface area contributed by atoms with E-state index in [0.717, 1.165) is 19.6 Å². The average Bonchev–Trinajstić information content (AvgIpc) is 1.97. The van der Waals surface area contributed by atoms with Gasteiger partial charge in [0.1, 0.15) is 5.60 Å². The molecule has 0 atom stereocenters. The van der Waals surface area contributed by atoms with Crippen molar-refractivity contribution in [3.63, 3.8) is 0 Å². The first-order valence-electron chi connectivity index (χ1n) is 4.83. The van der Waals surface area contributed by atoms with Gasteiger partial charge in [0, 0.05) is 13.5 Å². The second-order valence-corrected chi connectivity index (χ2v) is 3.81. The molecule has 0 saturated heterocycles. The summed E-state index contributed by atoms with van der Waals surface area (Å²) in [6, 6.07) is 0. The Balaban J connectivity index is 4.05. The van der Waals surface area contributed by atoms with Crippen LogP contribution in [0.4, 0.5) is 0 Å². The molecule has 0 N–H and O–H groups in total. The van der Waals surface area contributed by atoms with Crippen molar-refractivity contribution in [1.82, 2.24) is 4.90 Å². The van der Waals surface area contributed by atoms with E-state index in [9.17, 15) is 4.79 Å². The summed E-state index contributed by atoms with van der Waals surface area (Å²) < 4.78 is 5.19. The second-order valence-electron chi connectivity index (χ2n) is 3.81. The topological polar surface area (TPSA) is 29.5 Å². The molecule has 3 heteroatoms. The lowest BCUT2D eigenvalue weighted by atomic mass is 10.1. The van der Waals surface area contributed by atoms with Crippen molar-refractivity contribution in [3.8, 4) is 0 Å². The number of rotatable bonds is 5. The lowest BCUT2D eigenvalue weighted by Gasteiger charge is -2.30. The highest BCUT2D eigenvalue weighted by atomic mass is 16.6. The van der Waals surface area contributed by atoms with Gasteiger partial charge in [0.2, 0.25) is 0 Å². The highest BCUT2D eigenvalue weighted by Gasteiger charge is 2.23. The molecule has 0 saturated carbocycles. The van der Waals surface area contributed by atoms with Crippen molar-refractivity contribution < 1.29 is 9.53 Å². The molecule has 0 bridgehead atoms. The van der Waals surface area contributed by atoms with Crippen molar-refractivity contribution in [1.29, 1.82) is 0 Å². The van der Waals surface area contributed by atoms with E-state index in [0.29, 0.717) is 0 Å². The van der Waals surface area contributed by atoms with E-state index in [2.05, 4.69) is 18.7 Å². The third-order valence-electron chi connectivity index (χ3n) is 1.92. The smallest absolute Gasteiger partial charge is 0.303 e. The van der Waals surface area contributed by atoms with Crippen LogP contribution in [0.2, 0.25) is 0 Å². The fourth-order valence-corrected chi connectivity index (χ4v) is 1.41. The van der Waals surface area contributed by atoms with Crippen molar-refractivity contribution in [2.45, 2.75) is 40.2 Å². The summed E-state index contributed by atoms with van der Waals surface area (Å²) in [6.45, 7) is 12.3. The average molecular weight is 187 g/mol. The molecule has 0 aromatic rings. The third kappa shape index (κ3) is 5.64. The van der Waals surface area contributed by atoms with Gasteiger partial charge in [0.25, 0.3) is 0 Å². The maximum Gasteiger partial charge on any atom is 0.303 e. The van der Waals surface area contributed by atoms with Crippen LogP contribution in [-0.2, 0) is 9.53 Å². The summed E-state index contributed by atoms with van der Waals surface area (Å²) in [5.41, 5.74) is -0.377. The molecule has 0 aromatic heterocycles. The minimum absolute atomic E-state index is 0.211. The standard InChI is InChI=1S/C10H21NO2/c1-6-11(7-2)8-10(4,5)13-9(3)12/h6-8H2,1-5H3. The second kappa shape index (κ2) is 5.22. The Kier molecular flexibility index (Phi) is 4.99. The molecule has 0 radical (unpaired) electrons. The minimum atomic E-state index is -0.377. The van der Waals surface area contributed by atoms with Crippen molar-refractivity contribution in [2.75, 3.05) is 19.6 Å². The summed E-state index contributed by atoms with van der Waals surface area (Å²) in [4.78, 5) is 13.0. The van der Waals surface area contributed by atoms with Gasteiger partial charge in [-0.25, -0.2) is 0 Å². The van der Waals surface area contributed by atoms with E-state index < -0.39 is 0 Å². The Labute approximate surface area is 81.1 Å². The van der Waals surface area contributed by atoms with Crippen LogP contribution in [-0.4, -0.2) is 36.1 Å². The van der Waals surface area contributed by atoms with Crippen molar-refractivity contribution >= 4 is 5.97 Å². The van der Waals surface area contributed by atoms with Crippen LogP contribution in [0.3, 0.4) is 0 Å². The number of hydrogen-bond donors (Lipinski definition) is 0. The van der Waals surface area contributed by atoms with Gasteiger partial charge in [0.05, 0.1) is 0 Å². The zero-order valence-corrected chi connectivity index (χ0v) is 9.39. The molecule has 13 heavy (non-hydrogen) atoms. The molecule has 78 valence electrons. The van der Waals surface area contributed by atoms with Crippen LogP contribution >= 0.6 is 0 Å². The predicted molar refractivity (Wildman–Crippen MR) is 53.6 cm³/mol. The molecular weight excluding hydrogens is 166 g/mol. The Morgan fingerprint density at radius 3 is 2.08 bits per heavy atom. The predicted octanol–water partition coefficient (Wildman–Crippen LogP) is 1.67. The molecule has 0 aliphatic rings. The number of carbonyl (C=O) groups is 1. The molecule has 0 rings (SSSR count). The number of likely N-dealkylation sites (N-methyl/N-ethyl adjacent to an activating group) is 1. The van der Waals surface area contributed by atoms with Gasteiger partial charge in [-0.1, -0.05) is 13.8 Å². The van der Waals surface area contributed by atoms with Crippen LogP contribution in [0.25, 0.3) is 0 Å². The number of carbonyl (C=O) groups excluding carboxylic acids is 1. The quantitative estimate of drug-likeness (QED) is 0.613. The first-order chi connectivity index (χ1) is 5.91. The van der Waals surface area contributed by atoms with E-state index in [1.54, 1.807) is 0 Å². The molecule has 0 aliphatic carbocycles. The molecule has 3 nitrogen and oxygen atoms in total. The lowest BCUT2D eigenvalue weighted by Crippen LogP contribution is -2.41. The molecule has 0 amide bonds. The first-order valence-corrected chi connectivity index (χ1v) is 4.83. The van der Waals surface area contributed by atoms with Gasteiger partial charge < -0.3 is 4.74 Å². The van der Waals surface area contributed by atoms with E-state index >= 15 is 0 Å². The zero-order chi connectivity index (χ0) is 10.5. The van der Waals surface area contributed by atoms with Crippen LogP contribution in [0.15, 0.2) is 0 Å². The maximum atomic E-state index is 10.8. The molecule has 0 heterocycles. The summed E-state index contributed by atoms with van der Waals surface area (Å²) >= 11 is 0. The lowest BCUT2D eigenvalue weighted by molar-refractivity contribution is -0.155. The molecule has 0 unspecified atom stereocenters. The zero-order valence-electron chi connectivity index (χ0n) is 9.39. The van der Waals surface area contributed by atoms with Gasteiger partial charge in [-0.15, -0.1) is 0 Å². The van der Waals surface area contributed by atoms with E-state index in [-0.39, 0.29) is 11.6 Å². The molecule has 0 fully saturated rings. The number of hydrogen-bond acceptors (Lipinski definition) is 3. The van der Waals surface area contributed by atoms with Crippen LogP contribution < -0.4 is 0 Å². The Morgan fingerprint density at radius 1 is 1.31 bits per heavy atom. The Hall–Kier alpha value is -0.570. The Morgan fingerprint density at radius 2 is 1.77 bits per heavy atom. The highest BCUT2D eigenvalue weighted by molar-refractivity contribution is 5.66. The SMILES string of the molecule is CCN(CC)CC(C)(C)OC(C)=O. The summed E-state index contributed by atoms with van der Waals surface area (Å²) in [5, 5.41) is 0. The van der Waals surface area contributed by atoms with Gasteiger partial charge in [-0.2, -0.15) is 0 Å². The molecule has 0 aromatic carbocycles. The first kappa shape index (κ1) is 12.4. The molecule has 0 spiro atoms. The highest BCUT2D eigenvalue weighted by Crippen LogP contribution is 2.11. The van der Waals surface area contributed by atoms with Gasteiger partial charge in [-0.05, 0) is 26.9 Å². The van der Waals surface area contributed by atoms with Crippen molar-refractivity contribution in [2.24, 2.45) is 0 Å². The molecule has 0 aliphatic heterocycles. The summed E-state index contributed by atoms with van der Waals surface area (Å²) in [5.74, 6) is -0.211. The van der Waals surface area contributed by atoms with Gasteiger partial charge >= 0.3 is 5.97 Å².